The van der Waals surface area contributed by atoms with Crippen molar-refractivity contribution in [3.63, 3.8) is 0 Å². The Balaban J connectivity index is 1.98. The number of aliphatic hydroxyl groups excluding tert-OH is 1. The standard InChI is InChI=1S/C15H18N4O2/c1-10(20)8-16-15-17-13-5-3-4-6-14(13)19(15)9-12-7-11(2)21-18-12/h3-7,10,20H,8-9H2,1-2H3,(H,16,17)/t10-/m0/s1. The fourth-order valence-electron chi connectivity index (χ4n) is 2.26. The molecule has 1 aromatic carbocycles. The summed E-state index contributed by atoms with van der Waals surface area (Å²) >= 11 is 0. The molecule has 2 N–H and O–H groups in total. The number of aliphatic hydroxyl groups is 1. The van der Waals surface area contributed by atoms with Crippen LogP contribution in [-0.2, 0) is 6.54 Å². The number of nitrogens with one attached hydrogen (secondary N) is 1. The van der Waals surface area contributed by atoms with E-state index in [-0.39, 0.29) is 0 Å². The third kappa shape index (κ3) is 2.90. The van der Waals surface area contributed by atoms with Gasteiger partial charge in [0.15, 0.2) is 0 Å². The van der Waals surface area contributed by atoms with E-state index in [0.717, 1.165) is 28.4 Å². The maximum atomic E-state index is 9.45. The minimum atomic E-state index is -0.437. The van der Waals surface area contributed by atoms with E-state index >= 15 is 0 Å². The van der Waals surface area contributed by atoms with E-state index in [4.69, 9.17) is 4.52 Å². The molecule has 0 aliphatic rings. The molecular weight excluding hydrogens is 268 g/mol. The molecule has 0 spiro atoms. The molecule has 0 amide bonds. The van der Waals surface area contributed by atoms with Gasteiger partial charge in [-0.3, -0.25) is 0 Å². The van der Waals surface area contributed by atoms with Gasteiger partial charge in [-0.15, -0.1) is 0 Å². The van der Waals surface area contributed by atoms with E-state index < -0.39 is 6.10 Å². The fraction of sp³-hybridized carbons (Fsp3) is 0.333. The lowest BCUT2D eigenvalue weighted by Gasteiger charge is -2.10. The van der Waals surface area contributed by atoms with E-state index in [0.29, 0.717) is 13.1 Å². The van der Waals surface area contributed by atoms with Crippen LogP contribution >= 0.6 is 0 Å². The third-order valence-corrected chi connectivity index (χ3v) is 3.21. The summed E-state index contributed by atoms with van der Waals surface area (Å²) in [6.07, 6.45) is -0.437. The monoisotopic (exact) mass is 286 g/mol. The van der Waals surface area contributed by atoms with Gasteiger partial charge in [0.05, 0.1) is 23.7 Å². The Morgan fingerprint density at radius 2 is 2.19 bits per heavy atom. The van der Waals surface area contributed by atoms with Crippen LogP contribution in [0.5, 0.6) is 0 Å². The van der Waals surface area contributed by atoms with Gasteiger partial charge >= 0.3 is 0 Å². The number of nitrogens with zero attached hydrogens (tertiary/aromatic N) is 3. The number of anilines is 1. The van der Waals surface area contributed by atoms with Crippen molar-refractivity contribution in [3.05, 3.63) is 41.8 Å². The number of imidazole rings is 1. The summed E-state index contributed by atoms with van der Waals surface area (Å²) in [5.41, 5.74) is 2.77. The molecule has 6 heteroatoms. The van der Waals surface area contributed by atoms with Crippen LogP contribution in [-0.4, -0.2) is 32.5 Å². The summed E-state index contributed by atoms with van der Waals surface area (Å²) in [5.74, 6) is 1.51. The van der Waals surface area contributed by atoms with Crippen LogP contribution in [0, 0.1) is 6.92 Å². The van der Waals surface area contributed by atoms with Crippen LogP contribution in [0.3, 0.4) is 0 Å². The Morgan fingerprint density at radius 3 is 2.90 bits per heavy atom. The maximum absolute atomic E-state index is 9.45. The van der Waals surface area contributed by atoms with E-state index in [2.05, 4.69) is 15.5 Å². The minimum Gasteiger partial charge on any atom is -0.392 e. The minimum absolute atomic E-state index is 0.437. The molecule has 0 aliphatic carbocycles. The summed E-state index contributed by atoms with van der Waals surface area (Å²) in [6.45, 7) is 4.62. The molecule has 0 saturated carbocycles. The molecule has 21 heavy (non-hydrogen) atoms. The number of fused-ring (bicyclic) bond motifs is 1. The van der Waals surface area contributed by atoms with Crippen LogP contribution in [0.2, 0.25) is 0 Å². The Labute approximate surface area is 122 Å². The van der Waals surface area contributed by atoms with Gasteiger partial charge in [-0.25, -0.2) is 4.98 Å². The van der Waals surface area contributed by atoms with E-state index in [1.807, 2.05) is 41.8 Å². The molecule has 1 atom stereocenters. The van der Waals surface area contributed by atoms with Crippen molar-refractivity contribution in [2.75, 3.05) is 11.9 Å². The summed E-state index contributed by atoms with van der Waals surface area (Å²) in [5, 5.41) is 16.7. The van der Waals surface area contributed by atoms with Crippen LogP contribution < -0.4 is 5.32 Å². The Kier molecular flexibility index (Phi) is 3.62. The summed E-state index contributed by atoms with van der Waals surface area (Å²) in [6, 6.07) is 9.83. The summed E-state index contributed by atoms with van der Waals surface area (Å²) in [7, 11) is 0. The van der Waals surface area contributed by atoms with Crippen molar-refractivity contribution < 1.29 is 9.63 Å². The topological polar surface area (TPSA) is 76.1 Å². The highest BCUT2D eigenvalue weighted by molar-refractivity contribution is 5.78. The van der Waals surface area contributed by atoms with Crippen molar-refractivity contribution in [1.82, 2.24) is 14.7 Å². The SMILES string of the molecule is Cc1cc(Cn2c(NC[C@H](C)O)nc3ccccc32)no1. The zero-order valence-electron chi connectivity index (χ0n) is 12.1. The molecule has 0 bridgehead atoms. The second-order valence-corrected chi connectivity index (χ2v) is 5.17. The normalized spacial score (nSPS) is 12.7. The molecule has 0 aliphatic heterocycles. The van der Waals surface area contributed by atoms with Crippen LogP contribution in [0.4, 0.5) is 5.95 Å². The van der Waals surface area contributed by atoms with Gasteiger partial charge in [0.25, 0.3) is 0 Å². The fourth-order valence-corrected chi connectivity index (χ4v) is 2.26. The van der Waals surface area contributed by atoms with Gasteiger partial charge in [0, 0.05) is 12.6 Å². The highest BCUT2D eigenvalue weighted by Crippen LogP contribution is 2.21. The highest BCUT2D eigenvalue weighted by Gasteiger charge is 2.12. The first kappa shape index (κ1) is 13.6. The summed E-state index contributed by atoms with van der Waals surface area (Å²) in [4.78, 5) is 4.57. The molecule has 3 rings (SSSR count). The van der Waals surface area contributed by atoms with Crippen molar-refractivity contribution in [3.8, 4) is 0 Å². The van der Waals surface area contributed by atoms with Crippen molar-refractivity contribution in [1.29, 1.82) is 0 Å². The smallest absolute Gasteiger partial charge is 0.204 e. The van der Waals surface area contributed by atoms with Crippen LogP contribution in [0.25, 0.3) is 11.0 Å². The molecule has 0 fully saturated rings. The first-order valence-corrected chi connectivity index (χ1v) is 6.93. The van der Waals surface area contributed by atoms with Crippen molar-refractivity contribution in [2.24, 2.45) is 0 Å². The Bertz CT molecular complexity index is 745. The average Bonchev–Trinajstić information content (AvgIpc) is 3.01. The molecule has 0 saturated heterocycles. The summed E-state index contributed by atoms with van der Waals surface area (Å²) < 4.78 is 7.16. The van der Waals surface area contributed by atoms with Gasteiger partial charge in [0.1, 0.15) is 11.5 Å². The lowest BCUT2D eigenvalue weighted by Crippen LogP contribution is -2.18. The zero-order chi connectivity index (χ0) is 14.8. The number of hydrogen-bond donors (Lipinski definition) is 2. The second-order valence-electron chi connectivity index (χ2n) is 5.17. The molecule has 3 aromatic rings. The molecule has 6 nitrogen and oxygen atoms in total. The van der Waals surface area contributed by atoms with E-state index in [1.54, 1.807) is 6.92 Å². The number of aryl methyl sites for hydroxylation is 1. The number of para-hydroxylation sites is 2. The molecule has 2 aromatic heterocycles. The maximum Gasteiger partial charge on any atom is 0.204 e. The zero-order valence-corrected chi connectivity index (χ0v) is 12.1. The van der Waals surface area contributed by atoms with E-state index in [1.165, 1.54) is 0 Å². The first-order valence-electron chi connectivity index (χ1n) is 6.93. The Hall–Kier alpha value is -2.34. The van der Waals surface area contributed by atoms with Crippen LogP contribution in [0.15, 0.2) is 34.9 Å². The third-order valence-electron chi connectivity index (χ3n) is 3.21. The lowest BCUT2D eigenvalue weighted by molar-refractivity contribution is 0.208. The van der Waals surface area contributed by atoms with Gasteiger partial charge in [-0.2, -0.15) is 0 Å². The average molecular weight is 286 g/mol. The van der Waals surface area contributed by atoms with Gasteiger partial charge in [-0.05, 0) is 26.0 Å². The van der Waals surface area contributed by atoms with Gasteiger partial charge < -0.3 is 19.5 Å². The van der Waals surface area contributed by atoms with Gasteiger partial charge in [0.2, 0.25) is 5.95 Å². The largest absolute Gasteiger partial charge is 0.392 e. The number of aromatic nitrogens is 3. The van der Waals surface area contributed by atoms with Crippen LogP contribution in [0.1, 0.15) is 18.4 Å². The molecule has 0 unspecified atom stereocenters. The van der Waals surface area contributed by atoms with Crippen molar-refractivity contribution in [2.45, 2.75) is 26.5 Å². The number of hydrogen-bond acceptors (Lipinski definition) is 5. The lowest BCUT2D eigenvalue weighted by atomic mass is 10.3. The Morgan fingerprint density at radius 1 is 1.38 bits per heavy atom. The molecule has 0 radical (unpaired) electrons. The molecular formula is C15H18N4O2. The highest BCUT2D eigenvalue weighted by atomic mass is 16.5. The quantitative estimate of drug-likeness (QED) is 0.751. The molecule has 110 valence electrons. The number of benzene rings is 1. The van der Waals surface area contributed by atoms with E-state index in [9.17, 15) is 5.11 Å². The predicted molar refractivity (Wildman–Crippen MR) is 80.2 cm³/mol. The molecule has 2 heterocycles. The first-order chi connectivity index (χ1) is 10.1. The number of rotatable bonds is 5. The predicted octanol–water partition coefficient (Wildman–Crippen LogP) is 2.17. The second kappa shape index (κ2) is 5.57. The van der Waals surface area contributed by atoms with Gasteiger partial charge in [-0.1, -0.05) is 17.3 Å². The van der Waals surface area contributed by atoms with Crippen molar-refractivity contribution >= 4 is 17.0 Å².